The quantitative estimate of drug-likeness (QED) is 0.887. The van der Waals surface area contributed by atoms with E-state index in [1.165, 1.54) is 18.2 Å². The lowest BCUT2D eigenvalue weighted by atomic mass is 10.2. The zero-order valence-electron chi connectivity index (χ0n) is 11.1. The molecule has 0 aliphatic rings. The van der Waals surface area contributed by atoms with Gasteiger partial charge in [-0.15, -0.1) is 0 Å². The van der Waals surface area contributed by atoms with Crippen molar-refractivity contribution in [3.8, 4) is 5.75 Å². The predicted molar refractivity (Wildman–Crippen MR) is 75.0 cm³/mol. The first-order chi connectivity index (χ1) is 8.96. The number of nitrogens with one attached hydrogen (secondary N) is 1. The molecule has 0 radical (unpaired) electrons. The number of rotatable bonds is 3. The van der Waals surface area contributed by atoms with Crippen LogP contribution < -0.4 is 14.6 Å². The molecule has 1 aromatic rings. The fourth-order valence-corrected chi connectivity index (χ4v) is 1.79. The molecule has 112 valence electrons. The molecule has 0 heterocycles. The van der Waals surface area contributed by atoms with Crippen molar-refractivity contribution in [2.75, 3.05) is 5.32 Å². The molecule has 20 heavy (non-hydrogen) atoms. The minimum absolute atomic E-state index is 0.0627. The third-order valence-electron chi connectivity index (χ3n) is 1.79. The van der Waals surface area contributed by atoms with Gasteiger partial charge in [0.1, 0.15) is 11.4 Å². The molecule has 0 unspecified atom stereocenters. The number of ether oxygens (including phenoxy) is 1. The van der Waals surface area contributed by atoms with Crippen molar-refractivity contribution in [3.63, 3.8) is 0 Å². The van der Waals surface area contributed by atoms with Crippen molar-refractivity contribution in [2.24, 2.45) is 5.14 Å². The minimum Gasteiger partial charge on any atom is -0.444 e. The van der Waals surface area contributed by atoms with E-state index in [0.717, 1.165) is 0 Å². The Bertz CT molecular complexity index is 610. The Balaban J connectivity index is 2.81. The summed E-state index contributed by atoms with van der Waals surface area (Å²) in [7, 11) is -4.12. The van der Waals surface area contributed by atoms with Gasteiger partial charge in [-0.3, -0.25) is 5.32 Å². The Morgan fingerprint density at radius 1 is 1.35 bits per heavy atom. The summed E-state index contributed by atoms with van der Waals surface area (Å²) in [4.78, 5) is 11.6. The summed E-state index contributed by atoms with van der Waals surface area (Å²) >= 11 is 5.89. The van der Waals surface area contributed by atoms with Crippen LogP contribution in [0.3, 0.4) is 0 Å². The highest BCUT2D eigenvalue weighted by molar-refractivity contribution is 7.84. The molecular formula is C11H15ClN2O5S. The maximum absolute atomic E-state index is 11.6. The van der Waals surface area contributed by atoms with E-state index in [9.17, 15) is 13.2 Å². The summed E-state index contributed by atoms with van der Waals surface area (Å²) in [6, 6.07) is 3.87. The van der Waals surface area contributed by atoms with E-state index in [4.69, 9.17) is 21.5 Å². The van der Waals surface area contributed by atoms with Gasteiger partial charge < -0.3 is 8.92 Å². The van der Waals surface area contributed by atoms with Gasteiger partial charge in [0.25, 0.3) is 0 Å². The van der Waals surface area contributed by atoms with Crippen LogP contribution in [0.15, 0.2) is 18.2 Å². The maximum atomic E-state index is 11.6. The average Bonchev–Trinajstić information content (AvgIpc) is 2.17. The number of hydrogen-bond donors (Lipinski definition) is 2. The van der Waals surface area contributed by atoms with Crippen LogP contribution in [0.1, 0.15) is 20.8 Å². The highest BCUT2D eigenvalue weighted by Crippen LogP contribution is 2.27. The highest BCUT2D eigenvalue weighted by atomic mass is 35.5. The van der Waals surface area contributed by atoms with Gasteiger partial charge in [0.15, 0.2) is 0 Å². The molecule has 0 bridgehead atoms. The summed E-state index contributed by atoms with van der Waals surface area (Å²) in [6.07, 6.45) is -0.681. The lowest BCUT2D eigenvalue weighted by molar-refractivity contribution is 0.0636. The van der Waals surface area contributed by atoms with E-state index in [1.807, 2.05) is 0 Å². The second kappa shape index (κ2) is 5.86. The smallest absolute Gasteiger partial charge is 0.412 e. The van der Waals surface area contributed by atoms with E-state index < -0.39 is 22.0 Å². The number of benzene rings is 1. The van der Waals surface area contributed by atoms with Crippen molar-refractivity contribution < 1.29 is 22.1 Å². The van der Waals surface area contributed by atoms with Gasteiger partial charge in [-0.1, -0.05) is 11.6 Å². The number of amides is 1. The first-order valence-corrected chi connectivity index (χ1v) is 7.33. The van der Waals surface area contributed by atoms with Crippen LogP contribution in [0.25, 0.3) is 0 Å². The molecule has 0 atom stereocenters. The molecule has 9 heteroatoms. The Morgan fingerprint density at radius 2 is 1.95 bits per heavy atom. The van der Waals surface area contributed by atoms with Crippen molar-refractivity contribution >= 4 is 33.7 Å². The highest BCUT2D eigenvalue weighted by Gasteiger charge is 2.17. The number of carbonyl (C=O) groups excluding carboxylic acids is 1. The average molecular weight is 323 g/mol. The van der Waals surface area contributed by atoms with Crippen molar-refractivity contribution in [3.05, 3.63) is 23.2 Å². The van der Waals surface area contributed by atoms with E-state index in [1.54, 1.807) is 20.8 Å². The lowest BCUT2D eigenvalue weighted by Gasteiger charge is -2.20. The summed E-state index contributed by atoms with van der Waals surface area (Å²) < 4.78 is 31.0. The molecule has 0 saturated heterocycles. The summed E-state index contributed by atoms with van der Waals surface area (Å²) in [5, 5.41) is 7.23. The lowest BCUT2D eigenvalue weighted by Crippen LogP contribution is -2.27. The second-order valence-corrected chi connectivity index (χ2v) is 6.40. The van der Waals surface area contributed by atoms with Crippen LogP contribution in [0.5, 0.6) is 5.75 Å². The Morgan fingerprint density at radius 3 is 2.40 bits per heavy atom. The molecule has 1 amide bonds. The molecule has 0 fully saturated rings. The molecule has 0 saturated carbocycles. The molecule has 0 aromatic heterocycles. The van der Waals surface area contributed by atoms with Crippen molar-refractivity contribution in [1.29, 1.82) is 0 Å². The van der Waals surface area contributed by atoms with Crippen LogP contribution in [-0.4, -0.2) is 20.1 Å². The summed E-state index contributed by atoms with van der Waals surface area (Å²) in [6.45, 7) is 5.16. The van der Waals surface area contributed by atoms with Crippen LogP contribution in [-0.2, 0) is 15.0 Å². The van der Waals surface area contributed by atoms with Gasteiger partial charge in [0.2, 0.25) is 0 Å². The van der Waals surface area contributed by atoms with Gasteiger partial charge in [0, 0.05) is 6.07 Å². The van der Waals surface area contributed by atoms with Gasteiger partial charge in [-0.25, -0.2) is 4.79 Å². The molecular weight excluding hydrogens is 308 g/mol. The van der Waals surface area contributed by atoms with E-state index in [2.05, 4.69) is 9.50 Å². The Labute approximate surface area is 122 Å². The van der Waals surface area contributed by atoms with Crippen LogP contribution in [0.4, 0.5) is 10.5 Å². The number of hydrogen-bond acceptors (Lipinski definition) is 5. The molecule has 3 N–H and O–H groups in total. The topological polar surface area (TPSA) is 108 Å². The molecule has 1 aromatic carbocycles. The Hall–Kier alpha value is -1.51. The molecule has 0 aliphatic heterocycles. The van der Waals surface area contributed by atoms with E-state index >= 15 is 0 Å². The van der Waals surface area contributed by atoms with Gasteiger partial charge in [-0.2, -0.15) is 13.6 Å². The molecule has 7 nitrogen and oxygen atoms in total. The van der Waals surface area contributed by atoms with Crippen LogP contribution in [0, 0.1) is 0 Å². The third kappa shape index (κ3) is 6.09. The number of anilines is 1. The fraction of sp³-hybridized carbons (Fsp3) is 0.364. The molecule has 0 spiro atoms. The molecule has 1 rings (SSSR count). The fourth-order valence-electron chi connectivity index (χ4n) is 1.20. The zero-order chi connectivity index (χ0) is 15.6. The number of halogens is 1. The van der Waals surface area contributed by atoms with Crippen LogP contribution in [0.2, 0.25) is 5.02 Å². The zero-order valence-corrected chi connectivity index (χ0v) is 12.7. The third-order valence-corrected chi connectivity index (χ3v) is 2.53. The summed E-state index contributed by atoms with van der Waals surface area (Å²) in [5.74, 6) is -0.0627. The predicted octanol–water partition coefficient (Wildman–Crippen LogP) is 2.27. The van der Waals surface area contributed by atoms with Gasteiger partial charge >= 0.3 is 16.4 Å². The van der Waals surface area contributed by atoms with Crippen LogP contribution >= 0.6 is 11.6 Å². The minimum atomic E-state index is -4.12. The SMILES string of the molecule is CC(C)(C)OC(=O)Nc1ccc(OS(N)(=O)=O)cc1Cl. The first kappa shape index (κ1) is 16.5. The van der Waals surface area contributed by atoms with Gasteiger partial charge in [-0.05, 0) is 32.9 Å². The maximum Gasteiger partial charge on any atom is 0.412 e. The first-order valence-electron chi connectivity index (χ1n) is 5.48. The number of carbonyl (C=O) groups is 1. The van der Waals surface area contributed by atoms with Gasteiger partial charge in [0.05, 0.1) is 10.7 Å². The largest absolute Gasteiger partial charge is 0.444 e. The Kier molecular flexibility index (Phi) is 4.85. The van der Waals surface area contributed by atoms with Crippen molar-refractivity contribution in [1.82, 2.24) is 0 Å². The normalized spacial score (nSPS) is 11.8. The van der Waals surface area contributed by atoms with Crippen molar-refractivity contribution in [2.45, 2.75) is 26.4 Å². The monoisotopic (exact) mass is 322 g/mol. The molecule has 0 aliphatic carbocycles. The van der Waals surface area contributed by atoms with E-state index in [-0.39, 0.29) is 16.5 Å². The second-order valence-electron chi connectivity index (χ2n) is 4.84. The summed E-state index contributed by atoms with van der Waals surface area (Å²) in [5.41, 5.74) is -0.393. The van der Waals surface area contributed by atoms with E-state index in [0.29, 0.717) is 0 Å². The number of nitrogens with two attached hydrogens (primary N) is 1. The standard InChI is InChI=1S/C11H15ClN2O5S/c1-11(2,3)18-10(15)14-9-5-4-7(6-8(9)12)19-20(13,16)17/h4-6H,1-3H3,(H,14,15)(H2,13,16,17).